The van der Waals surface area contributed by atoms with Gasteiger partial charge in [0.05, 0.1) is 36.4 Å². The van der Waals surface area contributed by atoms with E-state index in [-0.39, 0.29) is 24.9 Å². The average Bonchev–Trinajstić information content (AvgIpc) is 2.93. The van der Waals surface area contributed by atoms with Crippen LogP contribution in [0.4, 0.5) is 19.0 Å². The van der Waals surface area contributed by atoms with E-state index in [9.17, 15) is 22.8 Å². The fourth-order valence-corrected chi connectivity index (χ4v) is 3.64. The number of carbonyl (C=O) groups is 2. The molecular formula is C28H33F3N4O4. The Kier molecular flexibility index (Phi) is 11.9. The summed E-state index contributed by atoms with van der Waals surface area (Å²) in [7, 11) is 2.29. The fourth-order valence-electron chi connectivity index (χ4n) is 3.64. The molecule has 0 bridgehead atoms. The van der Waals surface area contributed by atoms with Crippen LogP contribution in [0.2, 0.25) is 0 Å². The molecule has 210 valence electrons. The predicted octanol–water partition coefficient (Wildman–Crippen LogP) is 5.26. The molecule has 2 heterocycles. The summed E-state index contributed by atoms with van der Waals surface area (Å²) in [4.78, 5) is 32.2. The van der Waals surface area contributed by atoms with Crippen molar-refractivity contribution in [2.75, 3.05) is 26.1 Å². The summed E-state index contributed by atoms with van der Waals surface area (Å²) in [5.74, 6) is 0.177. The number of rotatable bonds is 10. The first-order valence-corrected chi connectivity index (χ1v) is 12.2. The number of nitrogens with one attached hydrogen (secondary N) is 2. The Hall–Kier alpha value is -3.99. The highest BCUT2D eigenvalue weighted by Gasteiger charge is 2.30. The number of aromatic nitrogens is 2. The Bertz CT molecular complexity index is 1180. The molecule has 3 rings (SSSR count). The number of hydrogen-bond donors (Lipinski definition) is 3. The minimum absolute atomic E-state index is 0.0812. The van der Waals surface area contributed by atoms with Gasteiger partial charge in [-0.1, -0.05) is 32.0 Å². The lowest BCUT2D eigenvalue weighted by molar-refractivity contribution is -0.140. The largest absolute Gasteiger partial charge is 0.469 e. The van der Waals surface area contributed by atoms with Gasteiger partial charge in [0.25, 0.3) is 5.91 Å². The molecule has 0 aliphatic heterocycles. The van der Waals surface area contributed by atoms with E-state index in [2.05, 4.69) is 39.2 Å². The van der Waals surface area contributed by atoms with E-state index in [1.165, 1.54) is 25.4 Å². The highest BCUT2D eigenvalue weighted by molar-refractivity contribution is 5.94. The van der Waals surface area contributed by atoms with Crippen molar-refractivity contribution in [3.05, 3.63) is 77.6 Å². The summed E-state index contributed by atoms with van der Waals surface area (Å²) in [6, 6.07) is 11.8. The van der Waals surface area contributed by atoms with Crippen LogP contribution in [0.1, 0.15) is 54.2 Å². The number of anilines is 1. The number of ether oxygens (including phenoxy) is 1. The van der Waals surface area contributed by atoms with Gasteiger partial charge in [-0.25, -0.2) is 4.98 Å². The molecular weight excluding hydrogens is 513 g/mol. The zero-order valence-corrected chi connectivity index (χ0v) is 22.2. The van der Waals surface area contributed by atoms with Crippen LogP contribution in [-0.2, 0) is 15.7 Å². The van der Waals surface area contributed by atoms with Crippen molar-refractivity contribution >= 4 is 17.7 Å². The molecule has 11 heteroatoms. The topological polar surface area (TPSA) is 113 Å². The third-order valence-electron chi connectivity index (χ3n) is 5.59. The van der Waals surface area contributed by atoms with E-state index in [1.807, 2.05) is 6.07 Å². The van der Waals surface area contributed by atoms with Gasteiger partial charge < -0.3 is 20.5 Å². The number of halogens is 3. The normalized spacial score (nSPS) is 11.7. The lowest BCUT2D eigenvalue weighted by Crippen LogP contribution is -2.26. The summed E-state index contributed by atoms with van der Waals surface area (Å²) in [5.41, 5.74) is 1.72. The molecule has 0 aliphatic rings. The van der Waals surface area contributed by atoms with Crippen LogP contribution in [0.25, 0.3) is 11.3 Å². The van der Waals surface area contributed by atoms with Crippen LogP contribution >= 0.6 is 0 Å². The van der Waals surface area contributed by atoms with Gasteiger partial charge in [0.15, 0.2) is 0 Å². The van der Waals surface area contributed by atoms with Crippen LogP contribution in [0.15, 0.2) is 60.9 Å². The maximum Gasteiger partial charge on any atom is 0.416 e. The van der Waals surface area contributed by atoms with E-state index in [4.69, 9.17) is 5.11 Å². The van der Waals surface area contributed by atoms with Crippen LogP contribution in [0.3, 0.4) is 0 Å². The number of methoxy groups -OCH3 is 1. The van der Waals surface area contributed by atoms with Gasteiger partial charge >= 0.3 is 12.1 Å². The lowest BCUT2D eigenvalue weighted by atomic mass is 9.97. The number of pyridine rings is 2. The summed E-state index contributed by atoms with van der Waals surface area (Å²) >= 11 is 0. The monoisotopic (exact) mass is 546 g/mol. The second kappa shape index (κ2) is 14.8. The Morgan fingerprint density at radius 2 is 1.67 bits per heavy atom. The number of carbonyl (C=O) groups excluding carboxylic acids is 2. The maximum absolute atomic E-state index is 12.8. The standard InChI is InChI=1S/C27H29F3N4O3.CH4O/c1-17(2)14-23(34-24-11-7-20(16-33-24)26(36)31-13-12-25(35)37-3)19-6-10-22(32-15-19)18-4-8-21(9-5-18)27(28,29)30;1-2/h4-11,15-17,23H,12-14H2,1-3H3,(H,31,36)(H,33,34);2H,1H3. The van der Waals surface area contributed by atoms with Crippen LogP contribution in [0, 0.1) is 5.92 Å². The van der Waals surface area contributed by atoms with Crippen molar-refractivity contribution in [2.24, 2.45) is 5.92 Å². The number of benzene rings is 1. The molecule has 0 saturated heterocycles. The van der Waals surface area contributed by atoms with E-state index in [0.29, 0.717) is 28.6 Å². The molecule has 0 spiro atoms. The van der Waals surface area contributed by atoms with Crippen molar-refractivity contribution in [3.63, 3.8) is 0 Å². The number of hydrogen-bond acceptors (Lipinski definition) is 7. The van der Waals surface area contributed by atoms with E-state index in [0.717, 1.165) is 31.2 Å². The molecule has 0 saturated carbocycles. The second-order valence-corrected chi connectivity index (χ2v) is 8.89. The third kappa shape index (κ3) is 9.68. The zero-order chi connectivity index (χ0) is 29.0. The first kappa shape index (κ1) is 31.2. The first-order valence-electron chi connectivity index (χ1n) is 12.2. The van der Waals surface area contributed by atoms with Crippen LogP contribution in [-0.4, -0.2) is 47.7 Å². The zero-order valence-electron chi connectivity index (χ0n) is 22.2. The quantitative estimate of drug-likeness (QED) is 0.297. The van der Waals surface area contributed by atoms with Crippen molar-refractivity contribution in [1.82, 2.24) is 15.3 Å². The molecule has 0 aliphatic carbocycles. The van der Waals surface area contributed by atoms with Gasteiger partial charge in [-0.3, -0.25) is 14.6 Å². The molecule has 8 nitrogen and oxygen atoms in total. The Morgan fingerprint density at radius 1 is 0.974 bits per heavy atom. The summed E-state index contributed by atoms with van der Waals surface area (Å²) < 4.78 is 43.0. The number of esters is 1. The Labute approximate surface area is 225 Å². The highest BCUT2D eigenvalue weighted by atomic mass is 19.4. The number of alkyl halides is 3. The second-order valence-electron chi connectivity index (χ2n) is 8.89. The molecule has 1 unspecified atom stereocenters. The number of nitrogens with zero attached hydrogens (tertiary/aromatic N) is 2. The van der Waals surface area contributed by atoms with Gasteiger partial charge in [-0.05, 0) is 48.2 Å². The molecule has 1 aromatic carbocycles. The minimum Gasteiger partial charge on any atom is -0.469 e. The van der Waals surface area contributed by atoms with Crippen LogP contribution < -0.4 is 10.6 Å². The molecule has 39 heavy (non-hydrogen) atoms. The first-order chi connectivity index (χ1) is 18.6. The number of aliphatic hydroxyl groups is 1. The van der Waals surface area contributed by atoms with Crippen molar-refractivity contribution in [1.29, 1.82) is 0 Å². The summed E-state index contributed by atoms with van der Waals surface area (Å²) in [5, 5.41) is 13.0. The number of amides is 1. The van der Waals surface area contributed by atoms with Gasteiger partial charge in [-0.15, -0.1) is 0 Å². The predicted molar refractivity (Wildman–Crippen MR) is 142 cm³/mol. The van der Waals surface area contributed by atoms with Crippen molar-refractivity contribution < 1.29 is 32.6 Å². The Morgan fingerprint density at radius 3 is 2.18 bits per heavy atom. The minimum atomic E-state index is -4.38. The Balaban J connectivity index is 0.00000260. The SMILES string of the molecule is CO.COC(=O)CCNC(=O)c1ccc(NC(CC(C)C)c2ccc(-c3ccc(C(F)(F)F)cc3)nc2)nc1. The fraction of sp³-hybridized carbons (Fsp3) is 0.357. The van der Waals surface area contributed by atoms with Gasteiger partial charge in [-0.2, -0.15) is 13.2 Å². The molecule has 3 aromatic rings. The molecule has 0 radical (unpaired) electrons. The molecule has 1 amide bonds. The van der Waals surface area contributed by atoms with E-state index < -0.39 is 17.7 Å². The van der Waals surface area contributed by atoms with Gasteiger partial charge in [0.2, 0.25) is 0 Å². The molecule has 1 atom stereocenters. The average molecular weight is 547 g/mol. The third-order valence-corrected chi connectivity index (χ3v) is 5.59. The highest BCUT2D eigenvalue weighted by Crippen LogP contribution is 2.31. The summed E-state index contributed by atoms with van der Waals surface area (Å²) in [6.45, 7) is 4.35. The molecule has 0 fully saturated rings. The van der Waals surface area contributed by atoms with Crippen molar-refractivity contribution in [2.45, 2.75) is 38.9 Å². The summed E-state index contributed by atoms with van der Waals surface area (Å²) in [6.07, 6.45) is -0.368. The number of aliphatic hydroxyl groups excluding tert-OH is 1. The van der Waals surface area contributed by atoms with Crippen molar-refractivity contribution in [3.8, 4) is 11.3 Å². The maximum atomic E-state index is 12.8. The van der Waals surface area contributed by atoms with Gasteiger partial charge in [0.1, 0.15) is 5.82 Å². The lowest BCUT2D eigenvalue weighted by Gasteiger charge is -2.22. The van der Waals surface area contributed by atoms with Crippen LogP contribution in [0.5, 0.6) is 0 Å². The van der Waals surface area contributed by atoms with Gasteiger partial charge in [0, 0.05) is 31.6 Å². The molecule has 2 aromatic heterocycles. The van der Waals surface area contributed by atoms with E-state index >= 15 is 0 Å². The smallest absolute Gasteiger partial charge is 0.416 e. The molecule has 3 N–H and O–H groups in total. The van der Waals surface area contributed by atoms with E-state index in [1.54, 1.807) is 24.4 Å².